The number of nitrogens with one attached hydrogen (secondary N) is 2. The number of fused-ring (bicyclic) bond motifs is 1. The molecule has 0 radical (unpaired) electrons. The Bertz CT molecular complexity index is 541. The van der Waals surface area contributed by atoms with Crippen molar-refractivity contribution in [2.75, 3.05) is 13.1 Å². The van der Waals surface area contributed by atoms with E-state index < -0.39 is 0 Å². The molecule has 2 heterocycles. The number of imidazole rings is 1. The summed E-state index contributed by atoms with van der Waals surface area (Å²) >= 11 is 0. The van der Waals surface area contributed by atoms with E-state index in [0.717, 1.165) is 37.3 Å². The standard InChI is InChI=1S/C13H16FN3/c1-13(6-3-7-15-8-13)12-16-10-5-2-4-9(14)11(10)17-12/h2,4-5,15H,3,6-8H2,1H3,(H,16,17). The van der Waals surface area contributed by atoms with Crippen molar-refractivity contribution in [3.8, 4) is 0 Å². The van der Waals surface area contributed by atoms with Gasteiger partial charge in [-0.3, -0.25) is 0 Å². The summed E-state index contributed by atoms with van der Waals surface area (Å²) in [6, 6.07) is 5.03. The molecule has 2 aromatic rings. The summed E-state index contributed by atoms with van der Waals surface area (Å²) in [5.74, 6) is 0.641. The van der Waals surface area contributed by atoms with Crippen LogP contribution in [0.3, 0.4) is 0 Å². The van der Waals surface area contributed by atoms with Crippen LogP contribution in [0.4, 0.5) is 4.39 Å². The number of piperidine rings is 1. The van der Waals surface area contributed by atoms with Gasteiger partial charge in [0.15, 0.2) is 5.82 Å². The maximum Gasteiger partial charge on any atom is 0.151 e. The highest BCUT2D eigenvalue weighted by Gasteiger charge is 2.32. The first kappa shape index (κ1) is 10.7. The third-order valence-electron chi connectivity index (χ3n) is 3.63. The fourth-order valence-electron chi connectivity index (χ4n) is 2.54. The van der Waals surface area contributed by atoms with Crippen LogP contribution in [-0.4, -0.2) is 23.1 Å². The van der Waals surface area contributed by atoms with Crippen LogP contribution in [0.1, 0.15) is 25.6 Å². The second kappa shape index (κ2) is 3.81. The molecule has 3 nitrogen and oxygen atoms in total. The van der Waals surface area contributed by atoms with Gasteiger partial charge in [0.2, 0.25) is 0 Å². The monoisotopic (exact) mass is 233 g/mol. The minimum atomic E-state index is -0.252. The van der Waals surface area contributed by atoms with Gasteiger partial charge in [-0.15, -0.1) is 0 Å². The normalized spacial score (nSPS) is 25.3. The molecule has 1 atom stereocenters. The number of benzene rings is 1. The molecular weight excluding hydrogens is 217 g/mol. The van der Waals surface area contributed by atoms with Crippen molar-refractivity contribution in [2.24, 2.45) is 0 Å². The molecule has 1 saturated heterocycles. The number of hydrogen-bond donors (Lipinski definition) is 2. The molecule has 1 aromatic heterocycles. The first-order valence-electron chi connectivity index (χ1n) is 6.04. The summed E-state index contributed by atoms with van der Waals surface area (Å²) in [7, 11) is 0. The van der Waals surface area contributed by atoms with E-state index in [1.54, 1.807) is 6.07 Å². The number of nitrogens with zero attached hydrogens (tertiary/aromatic N) is 1. The van der Waals surface area contributed by atoms with Gasteiger partial charge in [0.25, 0.3) is 0 Å². The van der Waals surface area contributed by atoms with E-state index in [4.69, 9.17) is 0 Å². The maximum atomic E-state index is 13.6. The maximum absolute atomic E-state index is 13.6. The molecule has 1 aliphatic heterocycles. The van der Waals surface area contributed by atoms with Crippen LogP contribution in [0, 0.1) is 5.82 Å². The lowest BCUT2D eigenvalue weighted by Gasteiger charge is -2.32. The first-order chi connectivity index (χ1) is 8.19. The molecule has 90 valence electrons. The molecule has 1 unspecified atom stereocenters. The Hall–Kier alpha value is -1.42. The van der Waals surface area contributed by atoms with Gasteiger partial charge in [0.05, 0.1) is 5.52 Å². The van der Waals surface area contributed by atoms with E-state index in [-0.39, 0.29) is 11.2 Å². The van der Waals surface area contributed by atoms with E-state index in [0.29, 0.717) is 5.52 Å². The second-order valence-electron chi connectivity index (χ2n) is 5.06. The smallest absolute Gasteiger partial charge is 0.151 e. The molecule has 1 aliphatic rings. The van der Waals surface area contributed by atoms with Crippen molar-refractivity contribution >= 4 is 11.0 Å². The zero-order chi connectivity index (χ0) is 11.9. The average molecular weight is 233 g/mol. The van der Waals surface area contributed by atoms with Crippen molar-refractivity contribution < 1.29 is 4.39 Å². The van der Waals surface area contributed by atoms with Crippen LogP contribution in [0.15, 0.2) is 18.2 Å². The Kier molecular flexibility index (Phi) is 2.40. The quantitative estimate of drug-likeness (QED) is 0.793. The van der Waals surface area contributed by atoms with Gasteiger partial charge in [-0.2, -0.15) is 0 Å². The van der Waals surface area contributed by atoms with Crippen LogP contribution in [0.5, 0.6) is 0 Å². The lowest BCUT2D eigenvalue weighted by Crippen LogP contribution is -2.41. The van der Waals surface area contributed by atoms with Gasteiger partial charge in [-0.1, -0.05) is 13.0 Å². The number of aromatic nitrogens is 2. The summed E-state index contributed by atoms with van der Waals surface area (Å²) in [6.07, 6.45) is 2.22. The van der Waals surface area contributed by atoms with Crippen LogP contribution >= 0.6 is 0 Å². The van der Waals surface area contributed by atoms with E-state index in [2.05, 4.69) is 22.2 Å². The fraction of sp³-hybridized carbons (Fsp3) is 0.462. The summed E-state index contributed by atoms with van der Waals surface area (Å²) in [4.78, 5) is 7.69. The number of para-hydroxylation sites is 1. The molecular formula is C13H16FN3. The molecule has 17 heavy (non-hydrogen) atoms. The molecule has 0 bridgehead atoms. The zero-order valence-electron chi connectivity index (χ0n) is 9.89. The van der Waals surface area contributed by atoms with E-state index >= 15 is 0 Å². The Morgan fingerprint density at radius 1 is 1.41 bits per heavy atom. The molecule has 0 aliphatic carbocycles. The number of rotatable bonds is 1. The van der Waals surface area contributed by atoms with E-state index in [1.807, 2.05) is 6.07 Å². The molecule has 4 heteroatoms. The fourth-order valence-corrected chi connectivity index (χ4v) is 2.54. The van der Waals surface area contributed by atoms with Crippen molar-refractivity contribution in [1.82, 2.24) is 15.3 Å². The van der Waals surface area contributed by atoms with Gasteiger partial charge in [0.1, 0.15) is 11.3 Å². The molecule has 2 N–H and O–H groups in total. The minimum absolute atomic E-state index is 0.0102. The highest BCUT2D eigenvalue weighted by molar-refractivity contribution is 5.75. The highest BCUT2D eigenvalue weighted by Crippen LogP contribution is 2.30. The first-order valence-corrected chi connectivity index (χ1v) is 6.04. The SMILES string of the molecule is CC1(c2nc3c(F)cccc3[nH]2)CCCNC1. The number of hydrogen-bond acceptors (Lipinski definition) is 2. The Morgan fingerprint density at radius 3 is 3.00 bits per heavy atom. The zero-order valence-corrected chi connectivity index (χ0v) is 9.89. The largest absolute Gasteiger partial charge is 0.341 e. The van der Waals surface area contributed by atoms with Crippen molar-refractivity contribution in [1.29, 1.82) is 0 Å². The predicted octanol–water partition coefficient (Wildman–Crippen LogP) is 2.34. The summed E-state index contributed by atoms with van der Waals surface area (Å²) in [5.41, 5.74) is 1.23. The van der Waals surface area contributed by atoms with Crippen molar-refractivity contribution in [3.63, 3.8) is 0 Å². The predicted molar refractivity (Wildman–Crippen MR) is 65.5 cm³/mol. The minimum Gasteiger partial charge on any atom is -0.341 e. The Balaban J connectivity index is 2.08. The van der Waals surface area contributed by atoms with Gasteiger partial charge in [-0.05, 0) is 31.5 Å². The lowest BCUT2D eigenvalue weighted by atomic mass is 9.82. The van der Waals surface area contributed by atoms with E-state index in [1.165, 1.54) is 6.07 Å². The van der Waals surface area contributed by atoms with E-state index in [9.17, 15) is 4.39 Å². The number of aromatic amines is 1. The lowest BCUT2D eigenvalue weighted by molar-refractivity contribution is 0.326. The topological polar surface area (TPSA) is 40.7 Å². The Labute approximate surface area is 99.4 Å². The average Bonchev–Trinajstić information content (AvgIpc) is 2.76. The molecule has 1 aromatic carbocycles. The van der Waals surface area contributed by atoms with Crippen molar-refractivity contribution in [2.45, 2.75) is 25.2 Å². The summed E-state index contributed by atoms with van der Waals surface area (Å²) in [6.45, 7) is 4.13. The van der Waals surface area contributed by atoms with Crippen LogP contribution in [0.25, 0.3) is 11.0 Å². The molecule has 3 rings (SSSR count). The van der Waals surface area contributed by atoms with Gasteiger partial charge in [-0.25, -0.2) is 9.37 Å². The van der Waals surface area contributed by atoms with Crippen LogP contribution < -0.4 is 5.32 Å². The second-order valence-corrected chi connectivity index (χ2v) is 5.06. The highest BCUT2D eigenvalue weighted by atomic mass is 19.1. The summed E-state index contributed by atoms with van der Waals surface area (Å²) in [5, 5.41) is 3.38. The van der Waals surface area contributed by atoms with Gasteiger partial charge in [0, 0.05) is 12.0 Å². The van der Waals surface area contributed by atoms with Crippen LogP contribution in [-0.2, 0) is 5.41 Å². The Morgan fingerprint density at radius 2 is 2.29 bits per heavy atom. The molecule has 1 fully saturated rings. The molecule has 0 amide bonds. The molecule has 0 spiro atoms. The number of halogens is 1. The van der Waals surface area contributed by atoms with Crippen molar-refractivity contribution in [3.05, 3.63) is 29.8 Å². The van der Waals surface area contributed by atoms with Crippen LogP contribution in [0.2, 0.25) is 0 Å². The third-order valence-corrected chi connectivity index (χ3v) is 3.63. The molecule has 0 saturated carbocycles. The van der Waals surface area contributed by atoms with Gasteiger partial charge < -0.3 is 10.3 Å². The third kappa shape index (κ3) is 1.72. The van der Waals surface area contributed by atoms with Gasteiger partial charge >= 0.3 is 0 Å². The number of H-pyrrole nitrogens is 1. The summed E-state index contributed by atoms with van der Waals surface area (Å²) < 4.78 is 13.6.